The van der Waals surface area contributed by atoms with Gasteiger partial charge in [-0.3, -0.25) is 19.3 Å². The number of fused-ring (bicyclic) bond motifs is 3. The highest BCUT2D eigenvalue weighted by molar-refractivity contribution is 7.08. The molecule has 37 heavy (non-hydrogen) atoms. The largest absolute Gasteiger partial charge is 0.418 e. The summed E-state index contributed by atoms with van der Waals surface area (Å²) in [7, 11) is 0. The van der Waals surface area contributed by atoms with Crippen molar-refractivity contribution < 1.29 is 13.2 Å². The summed E-state index contributed by atoms with van der Waals surface area (Å²) in [6.07, 6.45) is -3.36. The molecule has 0 saturated carbocycles. The van der Waals surface area contributed by atoms with E-state index in [4.69, 9.17) is 0 Å². The molecule has 5 heterocycles. The Bertz CT molecular complexity index is 1760. The van der Waals surface area contributed by atoms with E-state index in [9.17, 15) is 22.8 Å². The maximum Gasteiger partial charge on any atom is 0.418 e. The van der Waals surface area contributed by atoms with Crippen LogP contribution in [-0.2, 0) is 6.18 Å². The monoisotopic (exact) mass is 524 g/mol. The first-order valence-electron chi connectivity index (χ1n) is 11.5. The molecule has 1 aliphatic rings. The molecule has 12 heteroatoms. The molecule has 1 fully saturated rings. The van der Waals surface area contributed by atoms with Crippen molar-refractivity contribution in [2.24, 2.45) is 0 Å². The van der Waals surface area contributed by atoms with Crippen LogP contribution in [0.5, 0.6) is 0 Å². The number of pyridine rings is 2. The molecule has 0 unspecified atom stereocenters. The van der Waals surface area contributed by atoms with Crippen LogP contribution in [0.15, 0.2) is 62.9 Å². The average molecular weight is 525 g/mol. The molecule has 0 atom stereocenters. The highest BCUT2D eigenvalue weighted by Crippen LogP contribution is 2.38. The van der Waals surface area contributed by atoms with E-state index in [-0.39, 0.29) is 27.8 Å². The first-order chi connectivity index (χ1) is 17.8. The normalized spacial score (nSPS) is 14.5. The van der Waals surface area contributed by atoms with Crippen LogP contribution in [-0.4, -0.2) is 45.7 Å². The van der Waals surface area contributed by atoms with Crippen LogP contribution < -0.4 is 21.5 Å². The fourth-order valence-corrected chi connectivity index (χ4v) is 5.31. The first kappa shape index (κ1) is 23.4. The summed E-state index contributed by atoms with van der Waals surface area (Å²) in [6, 6.07) is 9.14. The van der Waals surface area contributed by atoms with Gasteiger partial charge in [0.25, 0.3) is 5.56 Å². The molecular weight excluding hydrogens is 505 g/mol. The number of aromatic nitrogens is 4. The lowest BCUT2D eigenvalue weighted by atomic mass is 10.1. The zero-order valence-electron chi connectivity index (χ0n) is 19.2. The molecule has 0 bridgehead atoms. The lowest BCUT2D eigenvalue weighted by Gasteiger charge is -2.31. The van der Waals surface area contributed by atoms with Crippen LogP contribution in [0.3, 0.4) is 0 Å². The third-order valence-electron chi connectivity index (χ3n) is 6.40. The number of nitrogens with one attached hydrogen (secondary N) is 2. The van der Waals surface area contributed by atoms with Gasteiger partial charge >= 0.3 is 11.9 Å². The van der Waals surface area contributed by atoms with Crippen molar-refractivity contribution in [3.05, 3.63) is 79.8 Å². The van der Waals surface area contributed by atoms with Gasteiger partial charge in [0.15, 0.2) is 0 Å². The molecule has 8 nitrogen and oxygen atoms in total. The number of halogens is 3. The number of H-pyrrole nitrogens is 1. The molecule has 6 rings (SSSR count). The zero-order valence-corrected chi connectivity index (χ0v) is 20.0. The van der Waals surface area contributed by atoms with E-state index in [1.54, 1.807) is 17.0 Å². The molecule has 2 N–H and O–H groups in total. The Kier molecular flexibility index (Phi) is 5.57. The number of nitrogens with zero attached hydrogens (tertiary/aromatic N) is 4. The van der Waals surface area contributed by atoms with Gasteiger partial charge in [-0.1, -0.05) is 0 Å². The quantitative estimate of drug-likeness (QED) is 0.349. The van der Waals surface area contributed by atoms with Gasteiger partial charge in [0.1, 0.15) is 5.52 Å². The number of thiophene rings is 1. The fraction of sp³-hybridized carbons (Fsp3) is 0.200. The summed E-state index contributed by atoms with van der Waals surface area (Å²) in [5.74, 6) is 0. The average Bonchev–Trinajstić information content (AvgIpc) is 3.43. The van der Waals surface area contributed by atoms with Gasteiger partial charge in [-0.25, -0.2) is 9.78 Å². The van der Waals surface area contributed by atoms with E-state index >= 15 is 0 Å². The van der Waals surface area contributed by atoms with Gasteiger partial charge in [-0.2, -0.15) is 24.5 Å². The molecule has 0 aliphatic carbocycles. The molecule has 188 valence electrons. The van der Waals surface area contributed by atoms with Crippen molar-refractivity contribution in [1.29, 1.82) is 0 Å². The molecular formula is C25H19F3N6O2S. The van der Waals surface area contributed by atoms with E-state index in [1.165, 1.54) is 29.7 Å². The Morgan fingerprint density at radius 3 is 2.57 bits per heavy atom. The van der Waals surface area contributed by atoms with E-state index in [0.717, 1.165) is 16.2 Å². The van der Waals surface area contributed by atoms with Gasteiger partial charge in [-0.15, -0.1) is 0 Å². The Morgan fingerprint density at radius 2 is 1.84 bits per heavy atom. The van der Waals surface area contributed by atoms with Crippen molar-refractivity contribution in [2.45, 2.75) is 6.18 Å². The SMILES string of the molecule is O=c1[nH]c(=O)n(-c2ccc(N3CCNCC3)c(C(F)(F)F)c2)c2c1cnc1ccc(-c3ccsc3)nc12. The summed E-state index contributed by atoms with van der Waals surface area (Å²) in [5.41, 5.74) is -0.242. The van der Waals surface area contributed by atoms with Crippen LogP contribution in [0.25, 0.3) is 38.9 Å². The number of anilines is 1. The topological polar surface area (TPSA) is 95.9 Å². The third-order valence-corrected chi connectivity index (χ3v) is 7.08. The lowest BCUT2D eigenvalue weighted by molar-refractivity contribution is -0.137. The minimum Gasteiger partial charge on any atom is -0.368 e. The summed E-state index contributed by atoms with van der Waals surface area (Å²) in [5, 5.41) is 6.96. The van der Waals surface area contributed by atoms with Gasteiger partial charge in [0, 0.05) is 49.0 Å². The van der Waals surface area contributed by atoms with E-state index in [1.807, 2.05) is 16.8 Å². The van der Waals surface area contributed by atoms with E-state index < -0.39 is 23.0 Å². The number of hydrogen-bond acceptors (Lipinski definition) is 7. The van der Waals surface area contributed by atoms with Crippen LogP contribution in [0.4, 0.5) is 18.9 Å². The number of rotatable bonds is 3. The molecule has 1 aliphatic heterocycles. The van der Waals surface area contributed by atoms with Crippen molar-refractivity contribution in [2.75, 3.05) is 31.1 Å². The number of hydrogen-bond donors (Lipinski definition) is 2. The number of alkyl halides is 3. The van der Waals surface area contributed by atoms with E-state index in [0.29, 0.717) is 37.4 Å². The Hall–Kier alpha value is -4.03. The van der Waals surface area contributed by atoms with E-state index in [2.05, 4.69) is 20.3 Å². The molecule has 0 radical (unpaired) electrons. The van der Waals surface area contributed by atoms with Crippen LogP contribution in [0, 0.1) is 0 Å². The molecule has 1 saturated heterocycles. The standard InChI is InChI=1S/C25H19F3N6O2S/c26-25(27,28)17-11-15(1-4-20(17)33-8-6-29-7-9-33)34-22-16(23(35)32-24(34)36)12-30-19-3-2-18(31-21(19)22)14-5-10-37-13-14/h1-5,10-13,29H,6-9H2,(H,32,35,36). The molecule has 0 amide bonds. The Labute approximate surface area is 211 Å². The lowest BCUT2D eigenvalue weighted by Crippen LogP contribution is -2.44. The maximum atomic E-state index is 14.2. The summed E-state index contributed by atoms with van der Waals surface area (Å²) < 4.78 is 43.8. The Balaban J connectivity index is 1.65. The van der Waals surface area contributed by atoms with Crippen molar-refractivity contribution >= 4 is 39.0 Å². The predicted octanol–water partition coefficient (Wildman–Crippen LogP) is 3.78. The Morgan fingerprint density at radius 1 is 1.03 bits per heavy atom. The molecule has 1 aromatic carbocycles. The highest BCUT2D eigenvalue weighted by atomic mass is 32.1. The summed E-state index contributed by atoms with van der Waals surface area (Å²) in [6.45, 7) is 1.99. The van der Waals surface area contributed by atoms with Crippen molar-refractivity contribution in [1.82, 2.24) is 24.8 Å². The maximum absolute atomic E-state index is 14.2. The predicted molar refractivity (Wildman–Crippen MR) is 137 cm³/mol. The third kappa shape index (κ3) is 4.07. The second-order valence-electron chi connectivity index (χ2n) is 8.63. The van der Waals surface area contributed by atoms with Gasteiger partial charge in [0.2, 0.25) is 0 Å². The van der Waals surface area contributed by atoms with Crippen molar-refractivity contribution in [3.63, 3.8) is 0 Å². The minimum absolute atomic E-state index is 0.0345. The molecule has 5 aromatic rings. The molecule has 4 aromatic heterocycles. The summed E-state index contributed by atoms with van der Waals surface area (Å²) in [4.78, 5) is 38.7. The van der Waals surface area contributed by atoms with Crippen LogP contribution >= 0.6 is 11.3 Å². The minimum atomic E-state index is -4.66. The van der Waals surface area contributed by atoms with Crippen LogP contribution in [0.2, 0.25) is 0 Å². The van der Waals surface area contributed by atoms with Gasteiger partial charge in [-0.05, 0) is 41.8 Å². The smallest absolute Gasteiger partial charge is 0.368 e. The van der Waals surface area contributed by atoms with Crippen LogP contribution in [0.1, 0.15) is 5.56 Å². The second-order valence-corrected chi connectivity index (χ2v) is 9.41. The van der Waals surface area contributed by atoms with Gasteiger partial charge in [0.05, 0.1) is 33.4 Å². The van der Waals surface area contributed by atoms with Crippen molar-refractivity contribution in [3.8, 4) is 16.9 Å². The molecule has 0 spiro atoms. The highest BCUT2D eigenvalue weighted by Gasteiger charge is 2.36. The number of benzene rings is 1. The number of piperazine rings is 1. The number of aromatic amines is 1. The first-order valence-corrected chi connectivity index (χ1v) is 12.4. The summed E-state index contributed by atoms with van der Waals surface area (Å²) >= 11 is 1.48. The second kappa shape index (κ2) is 8.82. The fourth-order valence-electron chi connectivity index (χ4n) is 4.66. The van der Waals surface area contributed by atoms with Gasteiger partial charge < -0.3 is 10.2 Å². The zero-order chi connectivity index (χ0) is 25.7.